The van der Waals surface area contributed by atoms with Crippen molar-refractivity contribution < 1.29 is 9.90 Å². The van der Waals surface area contributed by atoms with Crippen molar-refractivity contribution in [3.63, 3.8) is 0 Å². The van der Waals surface area contributed by atoms with Crippen LogP contribution < -0.4 is 5.32 Å². The van der Waals surface area contributed by atoms with E-state index in [0.717, 1.165) is 0 Å². The molecule has 0 saturated carbocycles. The number of amides is 1. The molecule has 0 bridgehead atoms. The molecule has 21 heavy (non-hydrogen) atoms. The summed E-state index contributed by atoms with van der Waals surface area (Å²) in [7, 11) is 1.77. The minimum atomic E-state index is -0.287. The maximum atomic E-state index is 12.1. The third kappa shape index (κ3) is 4.09. The van der Waals surface area contributed by atoms with E-state index in [1.54, 1.807) is 42.2 Å². The van der Waals surface area contributed by atoms with Crippen LogP contribution >= 0.6 is 11.6 Å². The summed E-state index contributed by atoms with van der Waals surface area (Å²) in [5.74, 6) is 5.82. The smallest absolute Gasteiger partial charge is 0.256 e. The Balaban J connectivity index is 2.12. The van der Waals surface area contributed by atoms with Crippen LogP contribution in [0.4, 0.5) is 5.82 Å². The maximum Gasteiger partial charge on any atom is 0.256 e. The van der Waals surface area contributed by atoms with Crippen LogP contribution in [0.25, 0.3) is 0 Å². The number of aliphatic hydroxyl groups is 1. The molecule has 0 unspecified atom stereocenters. The van der Waals surface area contributed by atoms with E-state index < -0.39 is 0 Å². The third-order valence-corrected chi connectivity index (χ3v) is 2.96. The van der Waals surface area contributed by atoms with Crippen LogP contribution in [0.15, 0.2) is 30.5 Å². The van der Waals surface area contributed by atoms with Gasteiger partial charge in [0.05, 0.1) is 11.6 Å². The zero-order chi connectivity index (χ0) is 15.2. The Morgan fingerprint density at radius 1 is 1.48 bits per heavy atom. The summed E-state index contributed by atoms with van der Waals surface area (Å²) in [5, 5.41) is 15.8. The Morgan fingerprint density at radius 3 is 2.90 bits per heavy atom. The highest BCUT2D eigenvalue weighted by atomic mass is 35.5. The van der Waals surface area contributed by atoms with Gasteiger partial charge in [0.2, 0.25) is 0 Å². The van der Waals surface area contributed by atoms with Gasteiger partial charge >= 0.3 is 0 Å². The number of aliphatic hydroxyl groups excluding tert-OH is 1. The highest BCUT2D eigenvalue weighted by molar-refractivity contribution is 6.32. The molecule has 0 radical (unpaired) electrons. The molecule has 108 valence electrons. The Hall–Kier alpha value is -2.29. The van der Waals surface area contributed by atoms with Crippen molar-refractivity contribution in [3.8, 4) is 11.8 Å². The van der Waals surface area contributed by atoms with Gasteiger partial charge < -0.3 is 10.4 Å². The van der Waals surface area contributed by atoms with Crippen molar-refractivity contribution in [2.45, 2.75) is 6.42 Å². The summed E-state index contributed by atoms with van der Waals surface area (Å²) in [6.07, 6.45) is 2.13. The van der Waals surface area contributed by atoms with Gasteiger partial charge in [0.1, 0.15) is 0 Å². The first-order chi connectivity index (χ1) is 10.1. The molecule has 6 heteroatoms. The summed E-state index contributed by atoms with van der Waals surface area (Å²) in [5.41, 5.74) is 1.05. The summed E-state index contributed by atoms with van der Waals surface area (Å²) in [6.45, 7) is 0.00911. The number of anilines is 1. The van der Waals surface area contributed by atoms with Crippen molar-refractivity contribution in [2.24, 2.45) is 7.05 Å². The molecule has 1 aromatic heterocycles. The molecule has 1 heterocycles. The second kappa shape index (κ2) is 6.93. The largest absolute Gasteiger partial charge is 0.395 e. The minimum absolute atomic E-state index is 0.00911. The van der Waals surface area contributed by atoms with Crippen LogP contribution in [-0.4, -0.2) is 27.4 Å². The SMILES string of the molecule is Cn1ccc(NC(=O)c2ccc(C#CCCO)c(Cl)c2)n1. The van der Waals surface area contributed by atoms with Crippen LogP contribution in [0.5, 0.6) is 0 Å². The molecule has 0 aliphatic carbocycles. The number of rotatable bonds is 3. The maximum absolute atomic E-state index is 12.1. The van der Waals surface area contributed by atoms with Gasteiger partial charge in [-0.25, -0.2) is 0 Å². The van der Waals surface area contributed by atoms with E-state index in [1.807, 2.05) is 0 Å². The van der Waals surface area contributed by atoms with Gasteiger partial charge in [0, 0.05) is 36.9 Å². The normalized spacial score (nSPS) is 9.86. The zero-order valence-electron chi connectivity index (χ0n) is 11.4. The fourth-order valence-electron chi connectivity index (χ4n) is 1.64. The van der Waals surface area contributed by atoms with Gasteiger partial charge in [0.15, 0.2) is 5.82 Å². The Bertz CT molecular complexity index is 713. The summed E-state index contributed by atoms with van der Waals surface area (Å²) in [6, 6.07) is 6.59. The lowest BCUT2D eigenvalue weighted by atomic mass is 10.1. The highest BCUT2D eigenvalue weighted by Gasteiger charge is 2.09. The first-order valence-electron chi connectivity index (χ1n) is 6.30. The minimum Gasteiger partial charge on any atom is -0.395 e. The fraction of sp³-hybridized carbons (Fsp3) is 0.200. The lowest BCUT2D eigenvalue weighted by Gasteiger charge is -2.03. The van der Waals surface area contributed by atoms with Crippen molar-refractivity contribution in [3.05, 3.63) is 46.6 Å². The monoisotopic (exact) mass is 303 g/mol. The molecule has 0 saturated heterocycles. The lowest BCUT2D eigenvalue weighted by Crippen LogP contribution is -2.12. The van der Waals surface area contributed by atoms with Gasteiger partial charge in [-0.3, -0.25) is 9.48 Å². The van der Waals surface area contributed by atoms with E-state index in [0.29, 0.717) is 28.4 Å². The topological polar surface area (TPSA) is 67.2 Å². The van der Waals surface area contributed by atoms with Crippen molar-refractivity contribution in [1.29, 1.82) is 0 Å². The average molecular weight is 304 g/mol. The van der Waals surface area contributed by atoms with Crippen LogP contribution in [0.1, 0.15) is 22.3 Å². The number of carbonyl (C=O) groups is 1. The summed E-state index contributed by atoms with van der Waals surface area (Å²) in [4.78, 5) is 12.1. The predicted octanol–water partition coefficient (Wildman–Crippen LogP) is 2.06. The van der Waals surface area contributed by atoms with Crippen LogP contribution in [0.2, 0.25) is 5.02 Å². The Morgan fingerprint density at radius 2 is 2.29 bits per heavy atom. The van der Waals surface area contributed by atoms with Gasteiger partial charge in [-0.2, -0.15) is 5.10 Å². The molecule has 0 fully saturated rings. The molecule has 0 spiro atoms. The number of nitrogens with one attached hydrogen (secondary N) is 1. The van der Waals surface area contributed by atoms with Gasteiger partial charge in [-0.05, 0) is 18.2 Å². The van der Waals surface area contributed by atoms with Gasteiger partial charge in [-0.15, -0.1) is 0 Å². The second-order valence-electron chi connectivity index (χ2n) is 4.30. The number of benzene rings is 1. The number of hydrogen-bond donors (Lipinski definition) is 2. The van der Waals surface area contributed by atoms with Crippen LogP contribution in [0, 0.1) is 11.8 Å². The number of carbonyl (C=O) groups excluding carboxylic acids is 1. The van der Waals surface area contributed by atoms with E-state index in [2.05, 4.69) is 22.3 Å². The van der Waals surface area contributed by atoms with E-state index in [-0.39, 0.29) is 12.5 Å². The molecule has 1 aromatic carbocycles. The number of aryl methyl sites for hydroxylation is 1. The first-order valence-corrected chi connectivity index (χ1v) is 6.68. The number of halogens is 1. The van der Waals surface area contributed by atoms with Crippen molar-refractivity contribution in [1.82, 2.24) is 9.78 Å². The fourth-order valence-corrected chi connectivity index (χ4v) is 1.87. The quantitative estimate of drug-likeness (QED) is 0.853. The Kier molecular flexibility index (Phi) is 4.99. The van der Waals surface area contributed by atoms with Crippen molar-refractivity contribution >= 4 is 23.3 Å². The molecular weight excluding hydrogens is 290 g/mol. The number of hydrogen-bond acceptors (Lipinski definition) is 3. The van der Waals surface area contributed by atoms with E-state index in [4.69, 9.17) is 16.7 Å². The Labute approximate surface area is 127 Å². The van der Waals surface area contributed by atoms with E-state index >= 15 is 0 Å². The van der Waals surface area contributed by atoms with Crippen LogP contribution in [0.3, 0.4) is 0 Å². The third-order valence-electron chi connectivity index (χ3n) is 2.65. The zero-order valence-corrected chi connectivity index (χ0v) is 12.2. The number of nitrogens with zero attached hydrogens (tertiary/aromatic N) is 2. The van der Waals surface area contributed by atoms with Gasteiger partial charge in [-0.1, -0.05) is 23.4 Å². The van der Waals surface area contributed by atoms with E-state index in [1.165, 1.54) is 0 Å². The molecule has 5 nitrogen and oxygen atoms in total. The van der Waals surface area contributed by atoms with Gasteiger partial charge in [0.25, 0.3) is 5.91 Å². The predicted molar refractivity (Wildman–Crippen MR) is 81.2 cm³/mol. The van der Waals surface area contributed by atoms with Crippen molar-refractivity contribution in [2.75, 3.05) is 11.9 Å². The molecule has 0 aliphatic rings. The van der Waals surface area contributed by atoms with E-state index in [9.17, 15) is 4.79 Å². The second-order valence-corrected chi connectivity index (χ2v) is 4.71. The lowest BCUT2D eigenvalue weighted by molar-refractivity contribution is 0.102. The first kappa shape index (κ1) is 15.1. The molecule has 2 rings (SSSR count). The molecule has 1 amide bonds. The molecule has 2 N–H and O–H groups in total. The number of aromatic nitrogens is 2. The molecule has 0 aliphatic heterocycles. The summed E-state index contributed by atoms with van der Waals surface area (Å²) < 4.78 is 1.60. The molecular formula is C15H14ClN3O2. The standard InChI is InChI=1S/C15H14ClN3O2/c1-19-8-7-14(18-19)17-15(21)12-6-5-11(13(16)10-12)4-2-3-9-20/h5-8,10,20H,3,9H2,1H3,(H,17,18,21). The molecule has 0 atom stereocenters. The highest BCUT2D eigenvalue weighted by Crippen LogP contribution is 2.18. The molecule has 2 aromatic rings. The average Bonchev–Trinajstić information content (AvgIpc) is 2.86. The van der Waals surface area contributed by atoms with Crippen LogP contribution in [-0.2, 0) is 7.05 Å². The summed E-state index contributed by atoms with van der Waals surface area (Å²) >= 11 is 6.09.